The number of hydrogen-bond acceptors (Lipinski definition) is 7. The molecule has 0 saturated carbocycles. The number of nitrogens with one attached hydrogen (secondary N) is 1. The number of sulfonamides is 2. The van der Waals surface area contributed by atoms with Crippen LogP contribution in [0.3, 0.4) is 0 Å². The summed E-state index contributed by atoms with van der Waals surface area (Å²) in [5.41, 5.74) is 0.284. The molecular formula is C23H31N3O7S2. The lowest BCUT2D eigenvalue weighted by Gasteiger charge is -2.24. The Morgan fingerprint density at radius 3 is 2.29 bits per heavy atom. The van der Waals surface area contributed by atoms with E-state index in [1.807, 2.05) is 0 Å². The molecule has 3 rings (SSSR count). The molecule has 0 aromatic heterocycles. The Labute approximate surface area is 206 Å². The Morgan fingerprint density at radius 1 is 1.00 bits per heavy atom. The molecule has 0 unspecified atom stereocenters. The molecule has 0 radical (unpaired) electrons. The van der Waals surface area contributed by atoms with Gasteiger partial charge in [0.1, 0.15) is 24.7 Å². The maximum atomic E-state index is 12.6. The molecule has 0 atom stereocenters. The number of hydrogen-bond donors (Lipinski definition) is 1. The molecule has 192 valence electrons. The van der Waals surface area contributed by atoms with E-state index in [0.717, 1.165) is 23.4 Å². The summed E-state index contributed by atoms with van der Waals surface area (Å²) in [5, 5.41) is 2.64. The van der Waals surface area contributed by atoms with Crippen LogP contribution in [0.5, 0.6) is 11.5 Å². The molecule has 2 aromatic carbocycles. The number of carbonyl (C=O) groups excluding carboxylic acids is 1. The maximum absolute atomic E-state index is 12.6. The Kier molecular flexibility index (Phi) is 8.98. The van der Waals surface area contributed by atoms with Crippen molar-refractivity contribution in [1.29, 1.82) is 0 Å². The van der Waals surface area contributed by atoms with Crippen molar-refractivity contribution >= 4 is 31.6 Å². The molecule has 2 aromatic rings. The fourth-order valence-corrected chi connectivity index (χ4v) is 6.03. The minimum absolute atomic E-state index is 0.123. The van der Waals surface area contributed by atoms with E-state index < -0.39 is 32.5 Å². The first-order valence-corrected chi connectivity index (χ1v) is 14.6. The molecule has 1 heterocycles. The van der Waals surface area contributed by atoms with Crippen LogP contribution < -0.4 is 19.1 Å². The molecule has 1 N–H and O–H groups in total. The summed E-state index contributed by atoms with van der Waals surface area (Å²) >= 11 is 0. The number of benzene rings is 2. The molecule has 1 fully saturated rings. The Hall–Kier alpha value is -2.83. The zero-order valence-electron chi connectivity index (χ0n) is 19.8. The molecule has 1 saturated heterocycles. The van der Waals surface area contributed by atoms with Gasteiger partial charge in [-0.15, -0.1) is 0 Å². The molecule has 35 heavy (non-hydrogen) atoms. The van der Waals surface area contributed by atoms with Gasteiger partial charge in [-0.25, -0.2) is 16.8 Å². The van der Waals surface area contributed by atoms with Crippen LogP contribution in [0, 0.1) is 0 Å². The Balaban J connectivity index is 1.52. The number of rotatable bonds is 12. The fourth-order valence-electron chi connectivity index (χ4n) is 3.65. The lowest BCUT2D eigenvalue weighted by Crippen LogP contribution is -2.41. The summed E-state index contributed by atoms with van der Waals surface area (Å²) in [4.78, 5) is 12.7. The smallest absolute Gasteiger partial charge is 0.243 e. The van der Waals surface area contributed by atoms with E-state index in [0.29, 0.717) is 31.2 Å². The third kappa shape index (κ3) is 7.09. The number of para-hydroxylation sites is 2. The quantitative estimate of drug-likeness (QED) is 0.420. The first-order valence-electron chi connectivity index (χ1n) is 11.3. The second-order valence-electron chi connectivity index (χ2n) is 7.95. The van der Waals surface area contributed by atoms with Crippen molar-refractivity contribution in [1.82, 2.24) is 9.62 Å². The van der Waals surface area contributed by atoms with Gasteiger partial charge >= 0.3 is 0 Å². The van der Waals surface area contributed by atoms with Crippen molar-refractivity contribution in [2.75, 3.05) is 50.0 Å². The van der Waals surface area contributed by atoms with Gasteiger partial charge < -0.3 is 14.8 Å². The standard InChI is InChI=1S/C23H31N3O7S2/c1-3-32-22-9-5-4-8-21(22)26(34(2,28)29)18-23(27)24-14-17-33-19-10-12-20(13-11-19)35(30,31)25-15-6-7-16-25/h4-5,8-13H,3,6-7,14-18H2,1-2H3,(H,24,27). The van der Waals surface area contributed by atoms with Gasteiger partial charge in [-0.05, 0) is 56.2 Å². The lowest BCUT2D eigenvalue weighted by atomic mass is 10.3. The Bertz CT molecular complexity index is 1210. The summed E-state index contributed by atoms with van der Waals surface area (Å²) in [6.45, 7) is 3.06. The van der Waals surface area contributed by atoms with Crippen molar-refractivity contribution in [2.24, 2.45) is 0 Å². The molecule has 1 aliphatic rings. The Morgan fingerprint density at radius 2 is 1.66 bits per heavy atom. The van der Waals surface area contributed by atoms with Gasteiger partial charge in [0.15, 0.2) is 0 Å². The predicted octanol–water partition coefficient (Wildman–Crippen LogP) is 1.83. The highest BCUT2D eigenvalue weighted by Gasteiger charge is 2.27. The summed E-state index contributed by atoms with van der Waals surface area (Å²) in [6, 6.07) is 12.8. The normalized spacial score (nSPS) is 14.5. The second-order valence-corrected chi connectivity index (χ2v) is 11.8. The van der Waals surface area contributed by atoms with Crippen LogP contribution in [0.4, 0.5) is 5.69 Å². The van der Waals surface area contributed by atoms with Gasteiger partial charge in [0.25, 0.3) is 0 Å². The molecule has 1 aliphatic heterocycles. The lowest BCUT2D eigenvalue weighted by molar-refractivity contribution is -0.119. The van der Waals surface area contributed by atoms with E-state index in [9.17, 15) is 21.6 Å². The first kappa shape index (κ1) is 26.8. The van der Waals surface area contributed by atoms with E-state index in [2.05, 4.69) is 5.32 Å². The zero-order valence-corrected chi connectivity index (χ0v) is 21.5. The van der Waals surface area contributed by atoms with Gasteiger partial charge in [0.2, 0.25) is 26.0 Å². The average molecular weight is 526 g/mol. The zero-order chi connectivity index (χ0) is 25.5. The van der Waals surface area contributed by atoms with E-state index in [-0.39, 0.29) is 23.7 Å². The van der Waals surface area contributed by atoms with Gasteiger partial charge in [0, 0.05) is 13.1 Å². The van der Waals surface area contributed by atoms with Gasteiger partial charge in [-0.2, -0.15) is 4.31 Å². The van der Waals surface area contributed by atoms with Crippen LogP contribution in [-0.2, 0) is 24.8 Å². The summed E-state index contributed by atoms with van der Waals surface area (Å²) in [6.07, 6.45) is 2.76. The van der Waals surface area contributed by atoms with E-state index in [1.54, 1.807) is 43.3 Å². The highest BCUT2D eigenvalue weighted by Crippen LogP contribution is 2.29. The number of amides is 1. The number of carbonyl (C=O) groups is 1. The van der Waals surface area contributed by atoms with Crippen LogP contribution in [0.2, 0.25) is 0 Å². The molecule has 0 bridgehead atoms. The van der Waals surface area contributed by atoms with Gasteiger partial charge in [-0.1, -0.05) is 12.1 Å². The highest BCUT2D eigenvalue weighted by atomic mass is 32.2. The molecular weight excluding hydrogens is 494 g/mol. The second kappa shape index (κ2) is 11.7. The third-order valence-electron chi connectivity index (χ3n) is 5.34. The largest absolute Gasteiger partial charge is 0.492 e. The van der Waals surface area contributed by atoms with Crippen LogP contribution in [0.15, 0.2) is 53.4 Å². The molecule has 12 heteroatoms. The maximum Gasteiger partial charge on any atom is 0.243 e. The highest BCUT2D eigenvalue weighted by molar-refractivity contribution is 7.92. The average Bonchev–Trinajstić information content (AvgIpc) is 3.37. The minimum Gasteiger partial charge on any atom is -0.492 e. The number of ether oxygens (including phenoxy) is 2. The summed E-state index contributed by atoms with van der Waals surface area (Å²) < 4.78 is 63.4. The van der Waals surface area contributed by atoms with E-state index in [1.165, 1.54) is 16.4 Å². The predicted molar refractivity (Wildman–Crippen MR) is 133 cm³/mol. The van der Waals surface area contributed by atoms with Crippen molar-refractivity contribution in [3.63, 3.8) is 0 Å². The summed E-state index contributed by atoms with van der Waals surface area (Å²) in [7, 11) is -7.23. The van der Waals surface area contributed by atoms with E-state index >= 15 is 0 Å². The SMILES string of the molecule is CCOc1ccccc1N(CC(=O)NCCOc1ccc(S(=O)(=O)N2CCCC2)cc1)S(C)(=O)=O. The van der Waals surface area contributed by atoms with Crippen molar-refractivity contribution in [3.8, 4) is 11.5 Å². The summed E-state index contributed by atoms with van der Waals surface area (Å²) in [5.74, 6) is 0.326. The van der Waals surface area contributed by atoms with Crippen LogP contribution in [0.1, 0.15) is 19.8 Å². The molecule has 0 spiro atoms. The van der Waals surface area contributed by atoms with Gasteiger partial charge in [0.05, 0.1) is 30.0 Å². The number of nitrogens with zero attached hydrogens (tertiary/aromatic N) is 2. The van der Waals surface area contributed by atoms with Crippen LogP contribution >= 0.6 is 0 Å². The monoisotopic (exact) mass is 525 g/mol. The van der Waals surface area contributed by atoms with Gasteiger partial charge in [-0.3, -0.25) is 9.10 Å². The molecule has 0 aliphatic carbocycles. The molecule has 10 nitrogen and oxygen atoms in total. The third-order valence-corrected chi connectivity index (χ3v) is 8.38. The van der Waals surface area contributed by atoms with Crippen LogP contribution in [-0.4, -0.2) is 72.7 Å². The first-order chi connectivity index (χ1) is 16.6. The van der Waals surface area contributed by atoms with Crippen molar-refractivity contribution < 1.29 is 31.1 Å². The van der Waals surface area contributed by atoms with E-state index in [4.69, 9.17) is 9.47 Å². The molecule has 1 amide bonds. The van der Waals surface area contributed by atoms with Crippen molar-refractivity contribution in [2.45, 2.75) is 24.7 Å². The minimum atomic E-state index is -3.74. The van der Waals surface area contributed by atoms with Crippen LogP contribution in [0.25, 0.3) is 0 Å². The fraction of sp³-hybridized carbons (Fsp3) is 0.435. The van der Waals surface area contributed by atoms with Crippen molar-refractivity contribution in [3.05, 3.63) is 48.5 Å². The topological polar surface area (TPSA) is 122 Å². The number of anilines is 1.